The van der Waals surface area contributed by atoms with Crippen LogP contribution in [0.1, 0.15) is 37.8 Å². The molecular weight excluding hydrogens is 300 g/mol. The van der Waals surface area contributed by atoms with Gasteiger partial charge in [0.1, 0.15) is 11.3 Å². The van der Waals surface area contributed by atoms with Gasteiger partial charge in [0, 0.05) is 31.7 Å². The van der Waals surface area contributed by atoms with Crippen molar-refractivity contribution in [3.63, 3.8) is 0 Å². The van der Waals surface area contributed by atoms with Crippen molar-refractivity contribution in [3.8, 4) is 5.75 Å². The molecule has 0 radical (unpaired) electrons. The molecule has 4 nitrogen and oxygen atoms in total. The van der Waals surface area contributed by atoms with Crippen LogP contribution < -0.4 is 4.74 Å². The van der Waals surface area contributed by atoms with Gasteiger partial charge in [-0.15, -0.1) is 0 Å². The number of hydrogen-bond donors (Lipinski definition) is 0. The third-order valence-corrected chi connectivity index (χ3v) is 4.96. The van der Waals surface area contributed by atoms with Gasteiger partial charge in [-0.1, -0.05) is 24.6 Å². The van der Waals surface area contributed by atoms with Crippen LogP contribution in [-0.2, 0) is 11.3 Å². The van der Waals surface area contributed by atoms with E-state index in [-0.39, 0.29) is 0 Å². The van der Waals surface area contributed by atoms with Crippen LogP contribution in [0.25, 0.3) is 10.9 Å². The van der Waals surface area contributed by atoms with Crippen LogP contribution >= 0.6 is 0 Å². The molecule has 1 unspecified atom stereocenters. The quantitative estimate of drug-likeness (QED) is 0.719. The number of methoxy groups -OCH3 is 2. The van der Waals surface area contributed by atoms with E-state index in [9.17, 15) is 0 Å². The Kier molecular flexibility index (Phi) is 6.05. The highest BCUT2D eigenvalue weighted by molar-refractivity contribution is 5.84. The maximum absolute atomic E-state index is 5.47. The number of nitrogens with zero attached hydrogens (tertiary/aromatic N) is 2. The van der Waals surface area contributed by atoms with Crippen molar-refractivity contribution in [3.05, 3.63) is 36.0 Å². The maximum Gasteiger partial charge on any atom is 0.145 e. The number of piperidine rings is 1. The normalized spacial score (nSPS) is 18.8. The number of likely N-dealkylation sites (tertiary alicyclic amines) is 1. The van der Waals surface area contributed by atoms with E-state index in [1.54, 1.807) is 14.2 Å². The van der Waals surface area contributed by atoms with Gasteiger partial charge in [-0.05, 0) is 44.4 Å². The summed E-state index contributed by atoms with van der Waals surface area (Å²) in [7, 11) is 3.49. The van der Waals surface area contributed by atoms with Crippen LogP contribution in [-0.4, -0.2) is 43.3 Å². The first-order valence-electron chi connectivity index (χ1n) is 8.97. The van der Waals surface area contributed by atoms with Gasteiger partial charge in [-0.3, -0.25) is 4.90 Å². The molecule has 1 saturated heterocycles. The van der Waals surface area contributed by atoms with Crippen LogP contribution in [0.3, 0.4) is 0 Å². The van der Waals surface area contributed by atoms with Gasteiger partial charge in [-0.25, -0.2) is 4.98 Å². The van der Waals surface area contributed by atoms with Gasteiger partial charge < -0.3 is 9.47 Å². The topological polar surface area (TPSA) is 34.6 Å². The Morgan fingerprint density at radius 1 is 1.17 bits per heavy atom. The molecule has 24 heavy (non-hydrogen) atoms. The molecule has 1 aromatic carbocycles. The fraction of sp³-hybridized carbons (Fsp3) is 0.550. The predicted molar refractivity (Wildman–Crippen MR) is 97.5 cm³/mol. The summed E-state index contributed by atoms with van der Waals surface area (Å²) in [5.74, 6) is 0.852. The van der Waals surface area contributed by atoms with Crippen molar-refractivity contribution in [1.29, 1.82) is 0 Å². The second-order valence-corrected chi connectivity index (χ2v) is 6.59. The predicted octanol–water partition coefficient (Wildman–Crippen LogP) is 4.02. The fourth-order valence-corrected chi connectivity index (χ4v) is 3.68. The van der Waals surface area contributed by atoms with E-state index in [1.165, 1.54) is 32.2 Å². The number of hydrogen-bond acceptors (Lipinski definition) is 4. The molecule has 1 atom stereocenters. The number of aromatic nitrogens is 1. The van der Waals surface area contributed by atoms with Crippen molar-refractivity contribution < 1.29 is 9.47 Å². The lowest BCUT2D eigenvalue weighted by atomic mass is 9.97. The highest BCUT2D eigenvalue weighted by Gasteiger charge is 2.22. The Morgan fingerprint density at radius 3 is 2.92 bits per heavy atom. The fourth-order valence-electron chi connectivity index (χ4n) is 3.68. The number of pyridine rings is 1. The molecule has 3 rings (SSSR count). The summed E-state index contributed by atoms with van der Waals surface area (Å²) in [5.41, 5.74) is 2.09. The third-order valence-electron chi connectivity index (χ3n) is 4.96. The van der Waals surface area contributed by atoms with Gasteiger partial charge >= 0.3 is 0 Å². The zero-order chi connectivity index (χ0) is 16.8. The first-order valence-corrected chi connectivity index (χ1v) is 8.97. The SMILES string of the molecule is COCCCC1CCCCN1Cc1ccc2cccc(OC)c2n1. The smallest absolute Gasteiger partial charge is 0.145 e. The number of para-hydroxylation sites is 1. The van der Waals surface area contributed by atoms with Gasteiger partial charge in [0.05, 0.1) is 12.8 Å². The highest BCUT2D eigenvalue weighted by Crippen LogP contribution is 2.26. The number of rotatable bonds is 7. The standard InChI is InChI=1S/C20H28N2O2/c1-23-14-6-9-18-8-3-4-13-22(18)15-17-12-11-16-7-5-10-19(24-2)20(16)21-17/h5,7,10-12,18H,3-4,6,8-9,13-15H2,1-2H3. The second kappa shape index (κ2) is 8.45. The van der Waals surface area contributed by atoms with Gasteiger partial charge in [0.2, 0.25) is 0 Å². The minimum atomic E-state index is 0.657. The van der Waals surface area contributed by atoms with Crippen LogP contribution in [0.5, 0.6) is 5.75 Å². The Labute approximate surface area is 144 Å². The molecule has 0 aliphatic carbocycles. The molecule has 1 aromatic heterocycles. The average Bonchev–Trinajstić information content (AvgIpc) is 2.63. The van der Waals surface area contributed by atoms with Crippen LogP contribution in [0.2, 0.25) is 0 Å². The van der Waals surface area contributed by atoms with E-state index < -0.39 is 0 Å². The van der Waals surface area contributed by atoms with Crippen molar-refractivity contribution in [1.82, 2.24) is 9.88 Å². The molecule has 1 fully saturated rings. The Morgan fingerprint density at radius 2 is 2.08 bits per heavy atom. The molecule has 130 valence electrons. The lowest BCUT2D eigenvalue weighted by Gasteiger charge is -2.35. The Balaban J connectivity index is 1.74. The molecule has 0 spiro atoms. The maximum atomic E-state index is 5.47. The summed E-state index contributed by atoms with van der Waals surface area (Å²) in [5, 5.41) is 1.13. The minimum absolute atomic E-state index is 0.657. The van der Waals surface area contributed by atoms with E-state index in [1.807, 2.05) is 12.1 Å². The van der Waals surface area contributed by atoms with E-state index in [0.717, 1.165) is 41.9 Å². The van der Waals surface area contributed by atoms with Crippen LogP contribution in [0.4, 0.5) is 0 Å². The molecule has 1 aliphatic heterocycles. The molecule has 0 amide bonds. The molecular formula is C20H28N2O2. The average molecular weight is 328 g/mol. The van der Waals surface area contributed by atoms with Crippen LogP contribution in [0.15, 0.2) is 30.3 Å². The third kappa shape index (κ3) is 4.05. The van der Waals surface area contributed by atoms with Crippen molar-refractivity contribution in [2.75, 3.05) is 27.4 Å². The van der Waals surface area contributed by atoms with Gasteiger partial charge in [0.15, 0.2) is 0 Å². The first kappa shape index (κ1) is 17.2. The van der Waals surface area contributed by atoms with Crippen molar-refractivity contribution in [2.45, 2.75) is 44.7 Å². The summed E-state index contributed by atoms with van der Waals surface area (Å²) in [6.07, 6.45) is 6.27. The molecule has 2 heterocycles. The monoisotopic (exact) mass is 328 g/mol. The summed E-state index contributed by atoms with van der Waals surface area (Å²) in [6, 6.07) is 11.0. The zero-order valence-electron chi connectivity index (χ0n) is 14.8. The minimum Gasteiger partial charge on any atom is -0.494 e. The molecule has 0 bridgehead atoms. The Bertz CT molecular complexity index is 659. The highest BCUT2D eigenvalue weighted by atomic mass is 16.5. The van der Waals surface area contributed by atoms with Crippen molar-refractivity contribution >= 4 is 10.9 Å². The lowest BCUT2D eigenvalue weighted by Crippen LogP contribution is -2.39. The largest absolute Gasteiger partial charge is 0.494 e. The summed E-state index contributed by atoms with van der Waals surface area (Å²) in [6.45, 7) is 2.95. The second-order valence-electron chi connectivity index (χ2n) is 6.59. The van der Waals surface area contributed by atoms with E-state index in [0.29, 0.717) is 6.04 Å². The number of ether oxygens (including phenoxy) is 2. The summed E-state index contributed by atoms with van der Waals surface area (Å²) >= 11 is 0. The first-order chi connectivity index (χ1) is 11.8. The molecule has 2 aromatic rings. The molecule has 0 saturated carbocycles. The van der Waals surface area contributed by atoms with E-state index in [2.05, 4.69) is 23.1 Å². The van der Waals surface area contributed by atoms with E-state index in [4.69, 9.17) is 14.5 Å². The number of benzene rings is 1. The van der Waals surface area contributed by atoms with E-state index >= 15 is 0 Å². The zero-order valence-corrected chi connectivity index (χ0v) is 14.8. The molecule has 1 aliphatic rings. The summed E-state index contributed by atoms with van der Waals surface area (Å²) in [4.78, 5) is 7.48. The number of fused-ring (bicyclic) bond motifs is 1. The molecule has 0 N–H and O–H groups in total. The summed E-state index contributed by atoms with van der Waals surface area (Å²) < 4.78 is 10.7. The Hall–Kier alpha value is -1.65. The van der Waals surface area contributed by atoms with Gasteiger partial charge in [0.25, 0.3) is 0 Å². The lowest BCUT2D eigenvalue weighted by molar-refractivity contribution is 0.115. The molecule has 4 heteroatoms. The van der Waals surface area contributed by atoms with Crippen LogP contribution in [0, 0.1) is 0 Å². The van der Waals surface area contributed by atoms with Gasteiger partial charge in [-0.2, -0.15) is 0 Å². The van der Waals surface area contributed by atoms with Crippen molar-refractivity contribution in [2.24, 2.45) is 0 Å².